The molecule has 0 saturated carbocycles. The number of hydrogen-bond donors (Lipinski definition) is 1. The molecule has 0 aliphatic rings. The lowest BCUT2D eigenvalue weighted by Gasteiger charge is -1.77. The van der Waals surface area contributed by atoms with E-state index >= 15 is 0 Å². The molecule has 0 atom stereocenters. The lowest BCUT2D eigenvalue weighted by atomic mass is 10.5. The molecule has 1 nitrogen and oxygen atoms in total. The molecule has 0 fully saturated rings. The van der Waals surface area contributed by atoms with Gasteiger partial charge in [0.25, 0.3) is 0 Å². The van der Waals surface area contributed by atoms with Gasteiger partial charge in [0.2, 0.25) is 0 Å². The van der Waals surface area contributed by atoms with Crippen LogP contribution in [0, 0.1) is 0 Å². The van der Waals surface area contributed by atoms with Gasteiger partial charge in [-0.05, 0) is 19.2 Å². The lowest BCUT2D eigenvalue weighted by Crippen LogP contribution is -1.89. The summed E-state index contributed by atoms with van der Waals surface area (Å²) in [5, 5.41) is 2.87. The second kappa shape index (κ2) is 5.28. The van der Waals surface area contributed by atoms with E-state index in [1.807, 2.05) is 38.4 Å². The van der Waals surface area contributed by atoms with Gasteiger partial charge in [0.15, 0.2) is 0 Å². The van der Waals surface area contributed by atoms with Crippen molar-refractivity contribution in [1.82, 2.24) is 5.32 Å². The van der Waals surface area contributed by atoms with Crippen LogP contribution < -0.4 is 5.32 Å². The molecule has 7 heavy (non-hydrogen) atoms. The zero-order valence-electron chi connectivity index (χ0n) is 4.81. The third-order valence-electron chi connectivity index (χ3n) is 0.566. The van der Waals surface area contributed by atoms with Gasteiger partial charge in [-0.1, -0.05) is 12.2 Å². The summed E-state index contributed by atoms with van der Waals surface area (Å²) >= 11 is 0. The molecule has 0 rings (SSSR count). The van der Waals surface area contributed by atoms with Gasteiger partial charge in [0, 0.05) is 7.05 Å². The minimum absolute atomic E-state index is 1.88. The van der Waals surface area contributed by atoms with Crippen molar-refractivity contribution < 1.29 is 0 Å². The fraction of sp³-hybridized carbons (Fsp3) is 0.333. The fourth-order valence-electron chi connectivity index (χ4n) is 0.263. The maximum atomic E-state index is 2.87. The van der Waals surface area contributed by atoms with Gasteiger partial charge in [-0.25, -0.2) is 0 Å². The molecule has 40 valence electrons. The second-order valence-corrected chi connectivity index (χ2v) is 1.17. The van der Waals surface area contributed by atoms with E-state index in [-0.39, 0.29) is 0 Å². The zero-order chi connectivity index (χ0) is 5.54. The molecule has 0 amide bonds. The highest BCUT2D eigenvalue weighted by molar-refractivity contribution is 4.99. The van der Waals surface area contributed by atoms with E-state index in [0.29, 0.717) is 0 Å². The smallest absolute Gasteiger partial charge is 0.00277 e. The molecule has 1 heteroatoms. The van der Waals surface area contributed by atoms with Gasteiger partial charge in [-0.15, -0.1) is 0 Å². The van der Waals surface area contributed by atoms with Gasteiger partial charge < -0.3 is 5.32 Å². The molecule has 0 aliphatic carbocycles. The van der Waals surface area contributed by atoms with Gasteiger partial charge in [0.05, 0.1) is 0 Å². The summed E-state index contributed by atoms with van der Waals surface area (Å²) in [6.45, 7) is 1.99. The van der Waals surface area contributed by atoms with E-state index < -0.39 is 0 Å². The van der Waals surface area contributed by atoms with Crippen LogP contribution in [0.1, 0.15) is 6.92 Å². The number of allylic oxidation sites excluding steroid dienone is 3. The van der Waals surface area contributed by atoms with Crippen molar-refractivity contribution >= 4 is 0 Å². The Morgan fingerprint density at radius 2 is 2.00 bits per heavy atom. The lowest BCUT2D eigenvalue weighted by molar-refractivity contribution is 1.10. The van der Waals surface area contributed by atoms with Crippen molar-refractivity contribution in [3.8, 4) is 0 Å². The molecule has 0 aromatic heterocycles. The molecule has 0 spiro atoms. The predicted octanol–water partition coefficient (Wildman–Crippen LogP) is 1.30. The Labute approximate surface area is 44.7 Å². The Morgan fingerprint density at radius 3 is 2.43 bits per heavy atom. The maximum Gasteiger partial charge on any atom is 0.00277 e. The molecule has 0 saturated heterocycles. The van der Waals surface area contributed by atoms with Crippen LogP contribution in [-0.4, -0.2) is 7.05 Å². The summed E-state index contributed by atoms with van der Waals surface area (Å²) in [6.07, 6.45) is 7.77. The van der Waals surface area contributed by atoms with Crippen LogP contribution in [0.2, 0.25) is 0 Å². The van der Waals surface area contributed by atoms with E-state index in [2.05, 4.69) is 5.32 Å². The first-order valence-electron chi connectivity index (χ1n) is 2.37. The van der Waals surface area contributed by atoms with Crippen LogP contribution in [0.5, 0.6) is 0 Å². The van der Waals surface area contributed by atoms with Crippen molar-refractivity contribution in [2.75, 3.05) is 7.05 Å². The van der Waals surface area contributed by atoms with Gasteiger partial charge in [-0.3, -0.25) is 0 Å². The van der Waals surface area contributed by atoms with Crippen molar-refractivity contribution in [1.29, 1.82) is 0 Å². The van der Waals surface area contributed by atoms with Crippen LogP contribution in [0.25, 0.3) is 0 Å². The van der Waals surface area contributed by atoms with Gasteiger partial charge >= 0.3 is 0 Å². The highest BCUT2D eigenvalue weighted by atomic mass is 14.8. The van der Waals surface area contributed by atoms with Crippen LogP contribution in [0.4, 0.5) is 0 Å². The molecular formula is C6H11N. The van der Waals surface area contributed by atoms with Crippen molar-refractivity contribution in [3.05, 3.63) is 24.4 Å². The molecule has 0 unspecified atom stereocenters. The predicted molar refractivity (Wildman–Crippen MR) is 33.0 cm³/mol. The minimum Gasteiger partial charge on any atom is -0.394 e. The van der Waals surface area contributed by atoms with Gasteiger partial charge in [0.1, 0.15) is 0 Å². The molecule has 1 N–H and O–H groups in total. The number of nitrogens with one attached hydrogen (secondary N) is 1. The van der Waals surface area contributed by atoms with Crippen LogP contribution >= 0.6 is 0 Å². The molecular weight excluding hydrogens is 86.1 g/mol. The molecule has 0 aromatic carbocycles. The Morgan fingerprint density at radius 1 is 1.29 bits per heavy atom. The van der Waals surface area contributed by atoms with E-state index in [1.165, 1.54) is 0 Å². The van der Waals surface area contributed by atoms with Crippen LogP contribution in [0.3, 0.4) is 0 Å². The molecule has 0 radical (unpaired) electrons. The first-order chi connectivity index (χ1) is 3.41. The average molecular weight is 97.2 g/mol. The van der Waals surface area contributed by atoms with E-state index in [0.717, 1.165) is 0 Å². The highest BCUT2D eigenvalue weighted by Crippen LogP contribution is 1.69. The Balaban J connectivity index is 3.09. The first-order valence-corrected chi connectivity index (χ1v) is 2.37. The zero-order valence-corrected chi connectivity index (χ0v) is 4.81. The summed E-state index contributed by atoms with van der Waals surface area (Å²) in [5.74, 6) is 0. The Bertz CT molecular complexity index is 72.2. The van der Waals surface area contributed by atoms with Crippen molar-refractivity contribution in [3.63, 3.8) is 0 Å². The number of hydrogen-bond acceptors (Lipinski definition) is 1. The van der Waals surface area contributed by atoms with Crippen LogP contribution in [-0.2, 0) is 0 Å². The van der Waals surface area contributed by atoms with E-state index in [9.17, 15) is 0 Å². The van der Waals surface area contributed by atoms with Crippen LogP contribution in [0.15, 0.2) is 24.4 Å². The highest BCUT2D eigenvalue weighted by Gasteiger charge is 1.54. The topological polar surface area (TPSA) is 12.0 Å². The quantitative estimate of drug-likeness (QED) is 0.512. The summed E-state index contributed by atoms with van der Waals surface area (Å²) in [6, 6.07) is 0. The number of rotatable bonds is 2. The molecule has 0 aliphatic heterocycles. The Hall–Kier alpha value is -0.720. The summed E-state index contributed by atoms with van der Waals surface area (Å²) in [4.78, 5) is 0. The fourth-order valence-corrected chi connectivity index (χ4v) is 0.263. The largest absolute Gasteiger partial charge is 0.394 e. The van der Waals surface area contributed by atoms with Gasteiger partial charge in [-0.2, -0.15) is 0 Å². The summed E-state index contributed by atoms with van der Waals surface area (Å²) < 4.78 is 0. The summed E-state index contributed by atoms with van der Waals surface area (Å²) in [5.41, 5.74) is 0. The summed E-state index contributed by atoms with van der Waals surface area (Å²) in [7, 11) is 1.88. The second-order valence-electron chi connectivity index (χ2n) is 1.17. The normalized spacial score (nSPS) is 11.1. The van der Waals surface area contributed by atoms with Crippen molar-refractivity contribution in [2.24, 2.45) is 0 Å². The maximum absolute atomic E-state index is 2.87. The minimum atomic E-state index is 1.88. The molecule has 0 aromatic rings. The average Bonchev–Trinajstić information content (AvgIpc) is 1.69. The third kappa shape index (κ3) is 5.28. The standard InChI is InChI=1S/C6H11N/c1-3-4-5-6-7-2/h3-7H,1-2H3/b4-3+,6-5-. The van der Waals surface area contributed by atoms with Crippen molar-refractivity contribution in [2.45, 2.75) is 6.92 Å². The monoisotopic (exact) mass is 97.1 g/mol. The SMILES string of the molecule is C/C=C/C=C\NC. The Kier molecular flexibility index (Phi) is 4.74. The van der Waals surface area contributed by atoms with E-state index in [4.69, 9.17) is 0 Å². The molecule has 0 bridgehead atoms. The molecule has 0 heterocycles. The van der Waals surface area contributed by atoms with E-state index in [1.54, 1.807) is 0 Å². The third-order valence-corrected chi connectivity index (χ3v) is 0.566. The first kappa shape index (κ1) is 6.28.